The lowest BCUT2D eigenvalue weighted by molar-refractivity contribution is 0.378. The highest BCUT2D eigenvalue weighted by atomic mass is 79.9. The molecule has 0 unspecified atom stereocenters. The molecule has 4 nitrogen and oxygen atoms in total. The monoisotopic (exact) mass is 334 g/mol. The van der Waals surface area contributed by atoms with Crippen LogP contribution >= 0.6 is 15.9 Å². The van der Waals surface area contributed by atoms with Crippen molar-refractivity contribution in [3.8, 4) is 17.2 Å². The summed E-state index contributed by atoms with van der Waals surface area (Å²) < 4.78 is 12.0. The van der Waals surface area contributed by atoms with Crippen molar-refractivity contribution in [2.24, 2.45) is 5.73 Å². The first-order chi connectivity index (χ1) is 9.51. The Morgan fingerprint density at radius 2 is 1.85 bits per heavy atom. The molecule has 0 bridgehead atoms. The number of aryl methyl sites for hydroxylation is 1. The van der Waals surface area contributed by atoms with Gasteiger partial charge < -0.3 is 15.2 Å². The molecule has 0 aliphatic carbocycles. The summed E-state index contributed by atoms with van der Waals surface area (Å²) in [7, 11) is 1.59. The van der Waals surface area contributed by atoms with Gasteiger partial charge in [0.05, 0.1) is 12.7 Å². The Labute approximate surface area is 126 Å². The lowest BCUT2D eigenvalue weighted by Crippen LogP contribution is -2.12. The molecule has 104 valence electrons. The number of nitrogens with one attached hydrogen (secondary N) is 1. The topological polar surface area (TPSA) is 68.3 Å². The van der Waals surface area contributed by atoms with E-state index in [-0.39, 0.29) is 5.84 Å². The number of nitrogens with two attached hydrogens (primary N) is 1. The molecule has 0 aromatic heterocycles. The Kier molecular flexibility index (Phi) is 4.29. The van der Waals surface area contributed by atoms with Crippen LogP contribution in [0.4, 0.5) is 0 Å². The van der Waals surface area contributed by atoms with Gasteiger partial charge in [0.15, 0.2) is 11.5 Å². The molecule has 0 heterocycles. The van der Waals surface area contributed by atoms with E-state index in [2.05, 4.69) is 15.9 Å². The molecule has 5 heteroatoms. The summed E-state index contributed by atoms with van der Waals surface area (Å²) >= 11 is 3.38. The Balaban J connectivity index is 2.44. The van der Waals surface area contributed by atoms with Crippen molar-refractivity contribution in [1.29, 1.82) is 5.41 Å². The van der Waals surface area contributed by atoms with E-state index in [9.17, 15) is 0 Å². The first-order valence-electron chi connectivity index (χ1n) is 5.97. The maximum absolute atomic E-state index is 7.60. The van der Waals surface area contributed by atoms with E-state index in [0.717, 1.165) is 10.0 Å². The van der Waals surface area contributed by atoms with Crippen LogP contribution < -0.4 is 15.2 Å². The highest BCUT2D eigenvalue weighted by Crippen LogP contribution is 2.34. The summed E-state index contributed by atoms with van der Waals surface area (Å²) in [6, 6.07) is 11.0. The average Bonchev–Trinajstić information content (AvgIpc) is 2.40. The molecular weight excluding hydrogens is 320 g/mol. The summed E-state index contributed by atoms with van der Waals surface area (Å²) in [4.78, 5) is 0. The molecule has 2 rings (SSSR count). The molecule has 0 saturated carbocycles. The molecule has 0 aliphatic heterocycles. The number of amidine groups is 1. The number of benzene rings is 2. The van der Waals surface area contributed by atoms with Crippen LogP contribution in [0.2, 0.25) is 0 Å². The predicted molar refractivity (Wildman–Crippen MR) is 83.0 cm³/mol. The molecule has 0 saturated heterocycles. The fraction of sp³-hybridized carbons (Fsp3) is 0.133. The van der Waals surface area contributed by atoms with Crippen molar-refractivity contribution in [3.63, 3.8) is 0 Å². The Bertz CT molecular complexity index is 656. The maximum Gasteiger partial charge on any atom is 0.169 e. The van der Waals surface area contributed by atoms with Crippen LogP contribution in [0.5, 0.6) is 17.2 Å². The number of hydrogen-bond donors (Lipinski definition) is 2. The Hall–Kier alpha value is -2.01. The summed E-state index contributed by atoms with van der Waals surface area (Å²) in [5.74, 6) is 1.69. The van der Waals surface area contributed by atoms with Crippen molar-refractivity contribution in [2.45, 2.75) is 6.92 Å². The van der Waals surface area contributed by atoms with E-state index in [1.54, 1.807) is 19.2 Å². The summed E-state index contributed by atoms with van der Waals surface area (Å²) in [5.41, 5.74) is 7.19. The highest BCUT2D eigenvalue weighted by Gasteiger charge is 2.11. The molecule has 2 aromatic rings. The van der Waals surface area contributed by atoms with Crippen LogP contribution in [0.3, 0.4) is 0 Å². The van der Waals surface area contributed by atoms with Crippen molar-refractivity contribution in [2.75, 3.05) is 7.11 Å². The van der Waals surface area contributed by atoms with Crippen LogP contribution in [-0.4, -0.2) is 12.9 Å². The molecule has 0 radical (unpaired) electrons. The lowest BCUT2D eigenvalue weighted by atomic mass is 10.2. The van der Waals surface area contributed by atoms with Crippen LogP contribution in [0, 0.1) is 12.3 Å². The van der Waals surface area contributed by atoms with Crippen molar-refractivity contribution in [3.05, 3.63) is 52.0 Å². The van der Waals surface area contributed by atoms with Gasteiger partial charge in [-0.25, -0.2) is 0 Å². The minimum absolute atomic E-state index is 0.0430. The van der Waals surface area contributed by atoms with E-state index in [1.807, 2.05) is 31.2 Å². The number of halogens is 1. The summed E-state index contributed by atoms with van der Waals surface area (Å²) in [6.07, 6.45) is 0. The summed E-state index contributed by atoms with van der Waals surface area (Å²) in [5, 5.41) is 7.60. The molecule has 0 atom stereocenters. The predicted octanol–water partition coefficient (Wildman–Crippen LogP) is 3.84. The molecule has 20 heavy (non-hydrogen) atoms. The fourth-order valence-electron chi connectivity index (χ4n) is 1.78. The van der Waals surface area contributed by atoms with E-state index in [1.165, 1.54) is 0 Å². The van der Waals surface area contributed by atoms with Gasteiger partial charge in [0, 0.05) is 4.47 Å². The zero-order valence-corrected chi connectivity index (χ0v) is 12.8. The van der Waals surface area contributed by atoms with Crippen molar-refractivity contribution < 1.29 is 9.47 Å². The van der Waals surface area contributed by atoms with Crippen LogP contribution in [-0.2, 0) is 0 Å². The van der Waals surface area contributed by atoms with Crippen molar-refractivity contribution in [1.82, 2.24) is 0 Å². The van der Waals surface area contributed by atoms with Crippen LogP contribution in [0.15, 0.2) is 40.9 Å². The summed E-state index contributed by atoms with van der Waals surface area (Å²) in [6.45, 7) is 1.98. The van der Waals surface area contributed by atoms with Gasteiger partial charge in [-0.3, -0.25) is 5.41 Å². The SMILES string of the molecule is COc1cc(C)ccc1Oc1cc(Br)ccc1C(=N)N. The molecule has 0 spiro atoms. The third kappa shape index (κ3) is 3.11. The minimum Gasteiger partial charge on any atom is -0.493 e. The van der Waals surface area contributed by atoms with Gasteiger partial charge in [-0.15, -0.1) is 0 Å². The lowest BCUT2D eigenvalue weighted by Gasteiger charge is -2.14. The Morgan fingerprint density at radius 3 is 2.50 bits per heavy atom. The quantitative estimate of drug-likeness (QED) is 0.659. The van der Waals surface area contributed by atoms with Gasteiger partial charge in [0.25, 0.3) is 0 Å². The molecular formula is C15H15BrN2O2. The van der Waals surface area contributed by atoms with Gasteiger partial charge >= 0.3 is 0 Å². The van der Waals surface area contributed by atoms with Gasteiger partial charge in [0.2, 0.25) is 0 Å². The van der Waals surface area contributed by atoms with E-state index in [4.69, 9.17) is 20.6 Å². The fourth-order valence-corrected chi connectivity index (χ4v) is 2.12. The molecule has 0 fully saturated rings. The molecule has 0 aliphatic rings. The maximum atomic E-state index is 7.60. The van der Waals surface area contributed by atoms with E-state index in [0.29, 0.717) is 22.8 Å². The number of methoxy groups -OCH3 is 1. The number of ether oxygens (including phenoxy) is 2. The molecule has 2 aromatic carbocycles. The zero-order valence-electron chi connectivity index (χ0n) is 11.2. The van der Waals surface area contributed by atoms with Gasteiger partial charge in [0.1, 0.15) is 11.6 Å². The Morgan fingerprint density at radius 1 is 1.10 bits per heavy atom. The van der Waals surface area contributed by atoms with Gasteiger partial charge in [-0.2, -0.15) is 0 Å². The standard InChI is InChI=1S/C15H15BrN2O2/c1-9-3-6-12(14(7-9)19-2)20-13-8-10(16)4-5-11(13)15(17)18/h3-8H,1-2H3,(H3,17,18). The van der Waals surface area contributed by atoms with E-state index < -0.39 is 0 Å². The second-order valence-electron chi connectivity index (χ2n) is 4.31. The second kappa shape index (κ2) is 5.96. The largest absolute Gasteiger partial charge is 0.493 e. The first-order valence-corrected chi connectivity index (χ1v) is 6.77. The zero-order chi connectivity index (χ0) is 14.7. The normalized spacial score (nSPS) is 10.2. The molecule has 0 amide bonds. The highest BCUT2D eigenvalue weighted by molar-refractivity contribution is 9.10. The number of nitrogen functional groups attached to an aromatic ring is 1. The third-order valence-electron chi connectivity index (χ3n) is 2.77. The van der Waals surface area contributed by atoms with Crippen molar-refractivity contribution >= 4 is 21.8 Å². The second-order valence-corrected chi connectivity index (χ2v) is 5.23. The van der Waals surface area contributed by atoms with Crippen LogP contribution in [0.1, 0.15) is 11.1 Å². The smallest absolute Gasteiger partial charge is 0.169 e. The van der Waals surface area contributed by atoms with Gasteiger partial charge in [-0.05, 0) is 42.8 Å². The third-order valence-corrected chi connectivity index (χ3v) is 3.27. The number of hydrogen-bond acceptors (Lipinski definition) is 3. The number of rotatable bonds is 4. The minimum atomic E-state index is -0.0430. The van der Waals surface area contributed by atoms with E-state index >= 15 is 0 Å². The molecule has 3 N–H and O–H groups in total. The average molecular weight is 335 g/mol. The first kappa shape index (κ1) is 14.4. The van der Waals surface area contributed by atoms with Crippen LogP contribution in [0.25, 0.3) is 0 Å². The van der Waals surface area contributed by atoms with Gasteiger partial charge in [-0.1, -0.05) is 22.0 Å².